The van der Waals surface area contributed by atoms with Gasteiger partial charge in [-0.1, -0.05) is 0 Å². The molecule has 0 saturated heterocycles. The molecule has 15 heavy (non-hydrogen) atoms. The van der Waals surface area contributed by atoms with Crippen LogP contribution in [0.5, 0.6) is 5.75 Å². The summed E-state index contributed by atoms with van der Waals surface area (Å²) in [4.78, 5) is 8.83. The summed E-state index contributed by atoms with van der Waals surface area (Å²) < 4.78 is 11.1. The van der Waals surface area contributed by atoms with Crippen molar-refractivity contribution < 1.29 is 14.3 Å². The highest BCUT2D eigenvalue weighted by molar-refractivity contribution is 5.30. The Morgan fingerprint density at radius 2 is 2.33 bits per heavy atom. The summed E-state index contributed by atoms with van der Waals surface area (Å²) in [5.74, 6) is 5.15. The van der Waals surface area contributed by atoms with E-state index in [0.717, 1.165) is 17.1 Å². The van der Waals surface area contributed by atoms with Crippen molar-refractivity contribution in [3.05, 3.63) is 23.5 Å². The second-order valence-electron chi connectivity index (χ2n) is 3.85. The van der Waals surface area contributed by atoms with Crippen molar-refractivity contribution in [2.75, 3.05) is 0 Å². The third-order valence-corrected chi connectivity index (χ3v) is 2.13. The summed E-state index contributed by atoms with van der Waals surface area (Å²) in [5, 5.41) is 0. The number of nitrogens with two attached hydrogens (primary N) is 1. The largest absolute Gasteiger partial charge is 0.461 e. The number of ether oxygens (including phenoxy) is 2. The molecule has 0 aromatic carbocycles. The minimum absolute atomic E-state index is 0.288. The smallest absolute Gasteiger partial charge is 0.205 e. The third-order valence-electron chi connectivity index (χ3n) is 2.13. The highest BCUT2D eigenvalue weighted by Gasteiger charge is 2.28. The Bertz CT molecular complexity index is 366. The third kappa shape index (κ3) is 2.26. The minimum Gasteiger partial charge on any atom is -0.461 e. The molecule has 0 bridgehead atoms. The van der Waals surface area contributed by atoms with Crippen LogP contribution in [0.3, 0.4) is 0 Å². The fourth-order valence-electron chi connectivity index (χ4n) is 1.43. The van der Waals surface area contributed by atoms with Gasteiger partial charge in [-0.15, -0.1) is 0 Å². The van der Waals surface area contributed by atoms with Crippen LogP contribution in [-0.4, -0.2) is 10.8 Å². The van der Waals surface area contributed by atoms with E-state index in [1.165, 1.54) is 0 Å². The normalized spacial score (nSPS) is 18.1. The van der Waals surface area contributed by atoms with Crippen molar-refractivity contribution in [3.8, 4) is 5.75 Å². The maximum Gasteiger partial charge on any atom is 0.205 e. The average Bonchev–Trinajstić information content (AvgIpc) is 2.18. The van der Waals surface area contributed by atoms with Crippen molar-refractivity contribution in [2.45, 2.75) is 32.8 Å². The first-order valence-corrected chi connectivity index (χ1v) is 4.74. The topological polar surface area (TPSA) is 66.6 Å². The van der Waals surface area contributed by atoms with Crippen molar-refractivity contribution in [3.63, 3.8) is 0 Å². The lowest BCUT2D eigenvalue weighted by Crippen LogP contribution is -2.35. The Balaban J connectivity index is 2.24. The van der Waals surface area contributed by atoms with Crippen molar-refractivity contribution in [1.82, 2.24) is 4.98 Å². The second-order valence-corrected chi connectivity index (χ2v) is 3.85. The predicted molar refractivity (Wildman–Crippen MR) is 52.7 cm³/mol. The zero-order valence-corrected chi connectivity index (χ0v) is 8.82. The van der Waals surface area contributed by atoms with Crippen LogP contribution in [0.25, 0.3) is 0 Å². The van der Waals surface area contributed by atoms with E-state index >= 15 is 0 Å². The Hall–Kier alpha value is -1.17. The molecule has 2 heterocycles. The van der Waals surface area contributed by atoms with Gasteiger partial charge in [-0.3, -0.25) is 4.84 Å². The Kier molecular flexibility index (Phi) is 2.60. The number of pyridine rings is 1. The van der Waals surface area contributed by atoms with E-state index in [1.807, 2.05) is 26.0 Å². The molecule has 0 unspecified atom stereocenters. The van der Waals surface area contributed by atoms with Gasteiger partial charge in [0.15, 0.2) is 0 Å². The molecule has 2 rings (SSSR count). The second kappa shape index (κ2) is 3.77. The Morgan fingerprint density at radius 1 is 1.53 bits per heavy atom. The van der Waals surface area contributed by atoms with E-state index in [-0.39, 0.29) is 6.61 Å². The monoisotopic (exact) mass is 210 g/mol. The first-order valence-electron chi connectivity index (χ1n) is 4.74. The fourth-order valence-corrected chi connectivity index (χ4v) is 1.43. The molecule has 1 aromatic heterocycles. The SMILES string of the molecule is CC1(C)OCc2nc(CON)ccc2O1. The van der Waals surface area contributed by atoms with Crippen molar-refractivity contribution in [2.24, 2.45) is 5.90 Å². The highest BCUT2D eigenvalue weighted by atomic mass is 16.7. The summed E-state index contributed by atoms with van der Waals surface area (Å²) in [5.41, 5.74) is 1.55. The van der Waals surface area contributed by atoms with E-state index in [4.69, 9.17) is 15.4 Å². The van der Waals surface area contributed by atoms with Gasteiger partial charge in [0.05, 0.1) is 12.3 Å². The number of hydrogen-bond acceptors (Lipinski definition) is 5. The number of aromatic nitrogens is 1. The standard InChI is InChI=1S/C10H14N2O3/c1-10(2)13-6-8-9(15-10)4-3-7(12-8)5-14-11/h3-4H,5-6,11H2,1-2H3. The maximum atomic E-state index is 5.60. The van der Waals surface area contributed by atoms with Crippen LogP contribution in [0, 0.1) is 0 Å². The van der Waals surface area contributed by atoms with Crippen LogP contribution in [-0.2, 0) is 22.8 Å². The van der Waals surface area contributed by atoms with Gasteiger partial charge < -0.3 is 9.47 Å². The van der Waals surface area contributed by atoms with Gasteiger partial charge in [-0.05, 0) is 12.1 Å². The molecule has 0 atom stereocenters. The van der Waals surface area contributed by atoms with Crippen LogP contribution >= 0.6 is 0 Å². The van der Waals surface area contributed by atoms with Gasteiger partial charge >= 0.3 is 0 Å². The molecule has 1 aliphatic heterocycles. The molecule has 5 heteroatoms. The summed E-state index contributed by atoms with van der Waals surface area (Å²) in [6, 6.07) is 3.69. The van der Waals surface area contributed by atoms with E-state index in [1.54, 1.807) is 0 Å². The van der Waals surface area contributed by atoms with Gasteiger partial charge in [0.1, 0.15) is 18.1 Å². The van der Waals surface area contributed by atoms with Crippen LogP contribution in [0.15, 0.2) is 12.1 Å². The van der Waals surface area contributed by atoms with E-state index in [0.29, 0.717) is 6.61 Å². The molecule has 0 amide bonds. The fraction of sp³-hybridized carbons (Fsp3) is 0.500. The quantitative estimate of drug-likeness (QED) is 0.741. The minimum atomic E-state index is -0.583. The Morgan fingerprint density at radius 3 is 3.07 bits per heavy atom. The summed E-state index contributed by atoms with van der Waals surface area (Å²) >= 11 is 0. The average molecular weight is 210 g/mol. The summed E-state index contributed by atoms with van der Waals surface area (Å²) in [7, 11) is 0. The van der Waals surface area contributed by atoms with Gasteiger partial charge in [0.25, 0.3) is 0 Å². The first-order chi connectivity index (χ1) is 7.11. The van der Waals surface area contributed by atoms with Crippen LogP contribution in [0.1, 0.15) is 25.2 Å². The lowest BCUT2D eigenvalue weighted by molar-refractivity contribution is -0.181. The van der Waals surface area contributed by atoms with Gasteiger partial charge in [0.2, 0.25) is 5.79 Å². The lowest BCUT2D eigenvalue weighted by Gasteiger charge is -2.31. The van der Waals surface area contributed by atoms with Gasteiger partial charge in [-0.25, -0.2) is 10.9 Å². The number of hydrogen-bond donors (Lipinski definition) is 1. The molecule has 0 radical (unpaired) electrons. The van der Waals surface area contributed by atoms with E-state index in [9.17, 15) is 0 Å². The molecule has 0 aliphatic carbocycles. The number of fused-ring (bicyclic) bond motifs is 1. The Labute approximate surface area is 88.1 Å². The van der Waals surface area contributed by atoms with Crippen LogP contribution in [0.4, 0.5) is 0 Å². The van der Waals surface area contributed by atoms with E-state index < -0.39 is 5.79 Å². The molecule has 82 valence electrons. The van der Waals surface area contributed by atoms with Crippen LogP contribution < -0.4 is 10.6 Å². The molecule has 0 saturated carbocycles. The van der Waals surface area contributed by atoms with E-state index in [2.05, 4.69) is 9.82 Å². The first kappa shape index (κ1) is 10.4. The zero-order chi connectivity index (χ0) is 10.9. The predicted octanol–water partition coefficient (Wildman–Crippen LogP) is 1.12. The number of rotatable bonds is 2. The molecular formula is C10H14N2O3. The maximum absolute atomic E-state index is 5.60. The van der Waals surface area contributed by atoms with Crippen LogP contribution in [0.2, 0.25) is 0 Å². The molecule has 0 spiro atoms. The summed E-state index contributed by atoms with van der Waals surface area (Å²) in [6.07, 6.45) is 0. The molecule has 1 aliphatic rings. The van der Waals surface area contributed by atoms with Gasteiger partial charge in [-0.2, -0.15) is 0 Å². The summed E-state index contributed by atoms with van der Waals surface area (Å²) in [6.45, 7) is 4.47. The van der Waals surface area contributed by atoms with Crippen molar-refractivity contribution >= 4 is 0 Å². The zero-order valence-electron chi connectivity index (χ0n) is 8.82. The molecule has 5 nitrogen and oxygen atoms in total. The van der Waals surface area contributed by atoms with Gasteiger partial charge in [0, 0.05) is 13.8 Å². The highest BCUT2D eigenvalue weighted by Crippen LogP contribution is 2.29. The number of nitrogens with zero attached hydrogens (tertiary/aromatic N) is 1. The molecule has 2 N–H and O–H groups in total. The molecule has 1 aromatic rings. The van der Waals surface area contributed by atoms with Crippen molar-refractivity contribution in [1.29, 1.82) is 0 Å². The molecule has 0 fully saturated rings. The molecular weight excluding hydrogens is 196 g/mol. The lowest BCUT2D eigenvalue weighted by atomic mass is 10.2.